The number of hydrogen-bond donors (Lipinski definition) is 2. The van der Waals surface area contributed by atoms with Crippen LogP contribution >= 0.6 is 0 Å². The summed E-state index contributed by atoms with van der Waals surface area (Å²) < 4.78 is 73.6. The second-order valence-corrected chi connectivity index (χ2v) is 11.0. The molecule has 0 saturated carbocycles. The lowest BCUT2D eigenvalue weighted by Gasteiger charge is -2.28. The Kier molecular flexibility index (Phi) is 10.2. The van der Waals surface area contributed by atoms with Crippen LogP contribution in [0.5, 0.6) is 0 Å². The van der Waals surface area contributed by atoms with E-state index < -0.39 is 34.6 Å². The Hall–Kier alpha value is -4.12. The Balaban J connectivity index is 1.53. The first-order chi connectivity index (χ1) is 22.0. The normalized spacial score (nSPS) is 18.8. The fraction of sp³-hybridized carbons (Fsp3) is 0.467. The van der Waals surface area contributed by atoms with E-state index >= 15 is 4.39 Å². The predicted molar refractivity (Wildman–Crippen MR) is 162 cm³/mol. The average molecular weight is 650 g/mol. The van der Waals surface area contributed by atoms with Gasteiger partial charge >= 0.3 is 6.18 Å². The van der Waals surface area contributed by atoms with Gasteiger partial charge in [-0.15, -0.1) is 0 Å². The number of aromatic nitrogens is 3. The molecular formula is C30H35F4N7O5. The number of nitrogens with one attached hydrogen (secondary N) is 2. The minimum absolute atomic E-state index is 0.0290. The van der Waals surface area contributed by atoms with E-state index in [2.05, 4.69) is 20.3 Å². The molecule has 2 saturated heterocycles. The monoisotopic (exact) mass is 649 g/mol. The summed E-state index contributed by atoms with van der Waals surface area (Å²) in [7, 11) is 5.06. The number of carbonyl (C=O) groups is 1. The first kappa shape index (κ1) is 33.2. The van der Waals surface area contributed by atoms with Crippen molar-refractivity contribution < 1.29 is 36.6 Å². The van der Waals surface area contributed by atoms with Gasteiger partial charge in [0, 0.05) is 82.7 Å². The quantitative estimate of drug-likeness (QED) is 0.317. The largest absolute Gasteiger partial charge is 0.417 e. The summed E-state index contributed by atoms with van der Waals surface area (Å²) in [6.07, 6.45) is -1.67. The number of halogens is 4. The number of amides is 1. The highest BCUT2D eigenvalue weighted by Crippen LogP contribution is 2.38. The number of carbonyl (C=O) groups excluding carboxylic acids is 1. The Morgan fingerprint density at radius 3 is 2.50 bits per heavy atom. The minimum atomic E-state index is -4.97. The molecule has 4 heterocycles. The van der Waals surface area contributed by atoms with Gasteiger partial charge in [0.2, 0.25) is 11.5 Å². The number of morpholine rings is 1. The number of H-pyrrole nitrogens is 1. The van der Waals surface area contributed by atoms with E-state index in [0.29, 0.717) is 76.3 Å². The molecule has 12 nitrogen and oxygen atoms in total. The third-order valence-electron chi connectivity index (χ3n) is 8.15. The number of rotatable bonds is 10. The third-order valence-corrected chi connectivity index (χ3v) is 8.15. The summed E-state index contributed by atoms with van der Waals surface area (Å²) in [4.78, 5) is 41.8. The maximum atomic E-state index is 15.9. The van der Waals surface area contributed by atoms with Gasteiger partial charge < -0.3 is 34.3 Å². The molecule has 3 aromatic rings. The zero-order valence-electron chi connectivity index (χ0n) is 25.6. The van der Waals surface area contributed by atoms with Crippen molar-refractivity contribution >= 4 is 23.2 Å². The lowest BCUT2D eigenvalue weighted by molar-refractivity contribution is -0.138. The van der Waals surface area contributed by atoms with Crippen LogP contribution in [0.15, 0.2) is 41.6 Å². The maximum absolute atomic E-state index is 15.9. The van der Waals surface area contributed by atoms with Crippen LogP contribution in [0.25, 0.3) is 11.1 Å². The number of anilines is 3. The molecule has 248 valence electrons. The SMILES string of the molecule is COCCN(C)[C@@H]1CN(c2cc(F)c(-c3cnc(N4CCOCC4)nc3)cc2NC(=O)c2c[nH]c(=O)cc2C(F)(F)F)C[C@H]1OC. The van der Waals surface area contributed by atoms with E-state index in [0.717, 1.165) is 0 Å². The summed E-state index contributed by atoms with van der Waals surface area (Å²) in [5, 5.41) is 2.54. The summed E-state index contributed by atoms with van der Waals surface area (Å²) in [5.41, 5.74) is -2.59. The fourth-order valence-electron chi connectivity index (χ4n) is 5.63. The van der Waals surface area contributed by atoms with Crippen LogP contribution in [0.3, 0.4) is 0 Å². The standard InChI is InChI=1S/C30H35F4N7O5/c1-39(4-7-44-2)25-16-41(17-26(25)45-3)24-12-22(31)19(18-13-36-29(37-14-18)40-5-8-46-9-6-40)10-23(24)38-28(43)20-15-35-27(42)11-21(20)30(32,33)34/h10-15,25-26H,4-9,16-17H2,1-3H3,(H,35,42)(H,38,43)/t25-,26-/m1/s1. The predicted octanol–water partition coefficient (Wildman–Crippen LogP) is 2.86. The molecule has 0 unspecified atom stereocenters. The summed E-state index contributed by atoms with van der Waals surface area (Å²) in [5.74, 6) is -1.35. The van der Waals surface area contributed by atoms with E-state index in [9.17, 15) is 22.8 Å². The number of alkyl halides is 3. The smallest absolute Gasteiger partial charge is 0.383 e. The molecule has 2 atom stereocenters. The van der Waals surface area contributed by atoms with Crippen LogP contribution in [-0.2, 0) is 20.4 Å². The van der Waals surface area contributed by atoms with Crippen molar-refractivity contribution in [1.29, 1.82) is 0 Å². The zero-order valence-corrected chi connectivity index (χ0v) is 25.6. The molecular weight excluding hydrogens is 614 g/mol. The number of ether oxygens (including phenoxy) is 3. The average Bonchev–Trinajstić information content (AvgIpc) is 3.49. The van der Waals surface area contributed by atoms with Crippen LogP contribution in [0, 0.1) is 5.82 Å². The number of hydrogen-bond acceptors (Lipinski definition) is 10. The van der Waals surface area contributed by atoms with Gasteiger partial charge in [-0.1, -0.05) is 0 Å². The molecule has 0 radical (unpaired) electrons. The van der Waals surface area contributed by atoms with Crippen LogP contribution in [-0.4, -0.2) is 112 Å². The second kappa shape index (κ2) is 14.1. The molecule has 0 spiro atoms. The number of pyridine rings is 1. The number of likely N-dealkylation sites (N-methyl/N-ethyl adjacent to an activating group) is 1. The van der Waals surface area contributed by atoms with Gasteiger partial charge in [0.15, 0.2) is 0 Å². The first-order valence-corrected chi connectivity index (χ1v) is 14.6. The van der Waals surface area contributed by atoms with E-state index in [-0.39, 0.29) is 29.1 Å². The highest BCUT2D eigenvalue weighted by molar-refractivity contribution is 6.07. The molecule has 2 fully saturated rings. The van der Waals surface area contributed by atoms with Crippen molar-refractivity contribution in [3.8, 4) is 11.1 Å². The van der Waals surface area contributed by atoms with Gasteiger partial charge in [-0.2, -0.15) is 13.2 Å². The van der Waals surface area contributed by atoms with Gasteiger partial charge in [-0.05, 0) is 19.2 Å². The molecule has 2 N–H and O–H groups in total. The van der Waals surface area contributed by atoms with Crippen LogP contribution in [0.1, 0.15) is 15.9 Å². The molecule has 2 aliphatic rings. The Bertz CT molecular complexity index is 1580. The van der Waals surface area contributed by atoms with Crippen LogP contribution < -0.4 is 20.7 Å². The van der Waals surface area contributed by atoms with Crippen molar-refractivity contribution in [2.24, 2.45) is 0 Å². The highest BCUT2D eigenvalue weighted by atomic mass is 19.4. The van der Waals surface area contributed by atoms with Gasteiger partial charge in [-0.25, -0.2) is 14.4 Å². The molecule has 1 amide bonds. The molecule has 16 heteroatoms. The molecule has 0 bridgehead atoms. The Morgan fingerprint density at radius 1 is 1.13 bits per heavy atom. The Morgan fingerprint density at radius 2 is 1.85 bits per heavy atom. The third kappa shape index (κ3) is 7.30. The first-order valence-electron chi connectivity index (χ1n) is 14.6. The van der Waals surface area contributed by atoms with Crippen LogP contribution in [0.4, 0.5) is 34.9 Å². The fourth-order valence-corrected chi connectivity index (χ4v) is 5.63. The van der Waals surface area contributed by atoms with E-state index in [1.165, 1.54) is 24.5 Å². The van der Waals surface area contributed by atoms with E-state index in [1.807, 2.05) is 16.8 Å². The van der Waals surface area contributed by atoms with Gasteiger partial charge in [0.25, 0.3) is 5.91 Å². The molecule has 2 aromatic heterocycles. The summed E-state index contributed by atoms with van der Waals surface area (Å²) in [6, 6.07) is 2.76. The number of aromatic amines is 1. The minimum Gasteiger partial charge on any atom is -0.383 e. The van der Waals surface area contributed by atoms with Crippen molar-refractivity contribution in [2.75, 3.05) is 88.9 Å². The second-order valence-electron chi connectivity index (χ2n) is 11.0. The zero-order chi connectivity index (χ0) is 33.0. The van der Waals surface area contributed by atoms with Gasteiger partial charge in [-0.3, -0.25) is 14.5 Å². The van der Waals surface area contributed by atoms with E-state index in [1.54, 1.807) is 19.1 Å². The Labute approximate surface area is 262 Å². The lowest BCUT2D eigenvalue weighted by Crippen LogP contribution is -2.43. The number of nitrogens with zero attached hydrogens (tertiary/aromatic N) is 5. The van der Waals surface area contributed by atoms with E-state index in [4.69, 9.17) is 14.2 Å². The molecule has 5 rings (SSSR count). The summed E-state index contributed by atoms with van der Waals surface area (Å²) >= 11 is 0. The van der Waals surface area contributed by atoms with Crippen LogP contribution in [0.2, 0.25) is 0 Å². The number of methoxy groups -OCH3 is 2. The molecule has 1 aromatic carbocycles. The highest BCUT2D eigenvalue weighted by Gasteiger charge is 2.38. The van der Waals surface area contributed by atoms with Gasteiger partial charge in [0.1, 0.15) is 5.82 Å². The van der Waals surface area contributed by atoms with Crippen molar-refractivity contribution in [2.45, 2.75) is 18.3 Å². The topological polar surface area (TPSA) is 125 Å². The maximum Gasteiger partial charge on any atom is 0.417 e. The number of benzene rings is 1. The summed E-state index contributed by atoms with van der Waals surface area (Å²) in [6.45, 7) is 4.00. The van der Waals surface area contributed by atoms with Gasteiger partial charge in [0.05, 0.1) is 54.5 Å². The van der Waals surface area contributed by atoms with Crippen molar-refractivity contribution in [1.82, 2.24) is 19.9 Å². The lowest BCUT2D eigenvalue weighted by atomic mass is 10.0. The van der Waals surface area contributed by atoms with Crippen molar-refractivity contribution in [3.63, 3.8) is 0 Å². The molecule has 2 aliphatic heterocycles. The molecule has 46 heavy (non-hydrogen) atoms. The molecule has 0 aliphatic carbocycles. The van der Waals surface area contributed by atoms with Crippen molar-refractivity contribution in [3.05, 3.63) is 64.1 Å².